The van der Waals surface area contributed by atoms with E-state index in [9.17, 15) is 0 Å². The molecule has 0 saturated heterocycles. The zero-order valence-electron chi connectivity index (χ0n) is 12.4. The SMILES string of the molecule is CCc1ccc(C(C)N[C@H](C)c2ccccc2Cl)cc1. The monoisotopic (exact) mass is 287 g/mol. The van der Waals surface area contributed by atoms with Gasteiger partial charge in [0.25, 0.3) is 0 Å². The molecule has 2 aromatic carbocycles. The number of benzene rings is 2. The van der Waals surface area contributed by atoms with E-state index < -0.39 is 0 Å². The van der Waals surface area contributed by atoms with E-state index in [2.05, 4.69) is 56.4 Å². The van der Waals surface area contributed by atoms with Crippen molar-refractivity contribution >= 4 is 11.6 Å². The molecule has 2 atom stereocenters. The standard InChI is InChI=1S/C18H22ClN/c1-4-15-9-11-16(12-10-15)13(2)20-14(3)17-7-5-6-8-18(17)19/h5-14,20H,4H2,1-3H3/t13?,14-/m1/s1. The molecule has 0 fully saturated rings. The van der Waals surface area contributed by atoms with Crippen molar-refractivity contribution < 1.29 is 0 Å². The highest BCUT2D eigenvalue weighted by molar-refractivity contribution is 6.31. The molecule has 0 bridgehead atoms. The van der Waals surface area contributed by atoms with Crippen LogP contribution < -0.4 is 5.32 Å². The van der Waals surface area contributed by atoms with Gasteiger partial charge in [0.15, 0.2) is 0 Å². The summed E-state index contributed by atoms with van der Waals surface area (Å²) < 4.78 is 0. The van der Waals surface area contributed by atoms with E-state index in [-0.39, 0.29) is 6.04 Å². The van der Waals surface area contributed by atoms with E-state index in [4.69, 9.17) is 11.6 Å². The van der Waals surface area contributed by atoms with Gasteiger partial charge in [-0.15, -0.1) is 0 Å². The molecule has 0 aromatic heterocycles. The highest BCUT2D eigenvalue weighted by Gasteiger charge is 2.13. The Balaban J connectivity index is 2.06. The van der Waals surface area contributed by atoms with Crippen molar-refractivity contribution in [3.8, 4) is 0 Å². The van der Waals surface area contributed by atoms with Gasteiger partial charge in [-0.1, -0.05) is 61.0 Å². The van der Waals surface area contributed by atoms with Gasteiger partial charge in [0.2, 0.25) is 0 Å². The molecule has 2 aromatic rings. The zero-order chi connectivity index (χ0) is 14.5. The summed E-state index contributed by atoms with van der Waals surface area (Å²) in [6, 6.07) is 17.3. The molecule has 0 aliphatic heterocycles. The molecule has 1 nitrogen and oxygen atoms in total. The van der Waals surface area contributed by atoms with Crippen LogP contribution in [0.25, 0.3) is 0 Å². The van der Waals surface area contributed by atoms with Crippen LogP contribution >= 0.6 is 11.6 Å². The fourth-order valence-electron chi connectivity index (χ4n) is 2.43. The Morgan fingerprint density at radius 1 is 0.950 bits per heavy atom. The van der Waals surface area contributed by atoms with Crippen LogP contribution in [0.2, 0.25) is 5.02 Å². The molecule has 0 aliphatic rings. The molecule has 106 valence electrons. The van der Waals surface area contributed by atoms with Crippen molar-refractivity contribution in [1.82, 2.24) is 5.32 Å². The summed E-state index contributed by atoms with van der Waals surface area (Å²) in [6.07, 6.45) is 1.08. The van der Waals surface area contributed by atoms with E-state index in [1.807, 2.05) is 18.2 Å². The van der Waals surface area contributed by atoms with Crippen molar-refractivity contribution in [2.45, 2.75) is 39.3 Å². The van der Waals surface area contributed by atoms with Crippen molar-refractivity contribution in [1.29, 1.82) is 0 Å². The zero-order valence-corrected chi connectivity index (χ0v) is 13.1. The molecule has 0 amide bonds. The summed E-state index contributed by atoms with van der Waals surface area (Å²) in [5.41, 5.74) is 3.83. The van der Waals surface area contributed by atoms with E-state index in [1.54, 1.807) is 0 Å². The van der Waals surface area contributed by atoms with Crippen LogP contribution in [0.5, 0.6) is 0 Å². The van der Waals surface area contributed by atoms with Crippen molar-refractivity contribution in [3.05, 3.63) is 70.2 Å². The first-order chi connectivity index (χ1) is 9.61. The first-order valence-electron chi connectivity index (χ1n) is 7.21. The Morgan fingerprint density at radius 3 is 2.20 bits per heavy atom. The van der Waals surface area contributed by atoms with Crippen LogP contribution in [0.1, 0.15) is 49.5 Å². The second kappa shape index (κ2) is 6.92. The minimum atomic E-state index is 0.226. The third kappa shape index (κ3) is 3.62. The fourth-order valence-corrected chi connectivity index (χ4v) is 2.73. The number of halogens is 1. The summed E-state index contributed by atoms with van der Waals surface area (Å²) in [6.45, 7) is 6.52. The summed E-state index contributed by atoms with van der Waals surface area (Å²) >= 11 is 6.25. The molecule has 20 heavy (non-hydrogen) atoms. The lowest BCUT2D eigenvalue weighted by atomic mass is 10.0. The van der Waals surface area contributed by atoms with Crippen molar-refractivity contribution in [2.24, 2.45) is 0 Å². The lowest BCUT2D eigenvalue weighted by Gasteiger charge is -2.21. The lowest BCUT2D eigenvalue weighted by Crippen LogP contribution is -2.22. The summed E-state index contributed by atoms with van der Waals surface area (Å²) in [4.78, 5) is 0. The highest BCUT2D eigenvalue weighted by atomic mass is 35.5. The average Bonchev–Trinajstić information content (AvgIpc) is 2.47. The predicted molar refractivity (Wildman–Crippen MR) is 87.2 cm³/mol. The lowest BCUT2D eigenvalue weighted by molar-refractivity contribution is 0.495. The van der Waals surface area contributed by atoms with Gasteiger partial charge in [0.05, 0.1) is 0 Å². The second-order valence-corrected chi connectivity index (χ2v) is 5.63. The van der Waals surface area contributed by atoms with E-state index in [0.29, 0.717) is 6.04 Å². The third-order valence-electron chi connectivity index (χ3n) is 3.76. The normalized spacial score (nSPS) is 14.0. The number of rotatable bonds is 5. The first-order valence-corrected chi connectivity index (χ1v) is 7.59. The molecular formula is C18H22ClN. The van der Waals surface area contributed by atoms with Crippen LogP contribution in [-0.4, -0.2) is 0 Å². The van der Waals surface area contributed by atoms with Crippen LogP contribution in [0.3, 0.4) is 0 Å². The van der Waals surface area contributed by atoms with E-state index in [0.717, 1.165) is 17.0 Å². The largest absolute Gasteiger partial charge is 0.304 e. The van der Waals surface area contributed by atoms with Gasteiger partial charge in [-0.3, -0.25) is 0 Å². The quantitative estimate of drug-likeness (QED) is 0.785. The van der Waals surface area contributed by atoms with Gasteiger partial charge in [-0.2, -0.15) is 0 Å². The number of aryl methyl sites for hydroxylation is 1. The Labute approximate surface area is 127 Å². The molecule has 2 rings (SSSR count). The van der Waals surface area contributed by atoms with Crippen LogP contribution in [0.4, 0.5) is 0 Å². The Bertz CT molecular complexity index is 548. The van der Waals surface area contributed by atoms with E-state index in [1.165, 1.54) is 11.1 Å². The molecular weight excluding hydrogens is 266 g/mol. The minimum Gasteiger partial charge on any atom is -0.304 e. The first kappa shape index (κ1) is 15.1. The topological polar surface area (TPSA) is 12.0 Å². The maximum absolute atomic E-state index is 6.25. The van der Waals surface area contributed by atoms with Crippen molar-refractivity contribution in [2.75, 3.05) is 0 Å². The van der Waals surface area contributed by atoms with Gasteiger partial charge in [0, 0.05) is 17.1 Å². The smallest absolute Gasteiger partial charge is 0.0453 e. The number of nitrogens with one attached hydrogen (secondary N) is 1. The van der Waals surface area contributed by atoms with Gasteiger partial charge >= 0.3 is 0 Å². The molecule has 0 aliphatic carbocycles. The average molecular weight is 288 g/mol. The molecule has 0 heterocycles. The maximum Gasteiger partial charge on any atom is 0.0453 e. The number of hydrogen-bond acceptors (Lipinski definition) is 1. The summed E-state index contributed by atoms with van der Waals surface area (Å²) in [7, 11) is 0. The fraction of sp³-hybridized carbons (Fsp3) is 0.333. The maximum atomic E-state index is 6.25. The Kier molecular flexibility index (Phi) is 5.22. The summed E-state index contributed by atoms with van der Waals surface area (Å²) in [5, 5.41) is 4.43. The molecule has 0 radical (unpaired) electrons. The highest BCUT2D eigenvalue weighted by Crippen LogP contribution is 2.25. The Morgan fingerprint density at radius 2 is 1.60 bits per heavy atom. The van der Waals surface area contributed by atoms with Crippen LogP contribution in [0.15, 0.2) is 48.5 Å². The van der Waals surface area contributed by atoms with E-state index >= 15 is 0 Å². The Hall–Kier alpha value is -1.31. The van der Waals surface area contributed by atoms with Crippen molar-refractivity contribution in [3.63, 3.8) is 0 Å². The van der Waals surface area contributed by atoms with Gasteiger partial charge in [-0.05, 0) is 43.0 Å². The number of hydrogen-bond donors (Lipinski definition) is 1. The molecule has 2 heteroatoms. The van der Waals surface area contributed by atoms with Gasteiger partial charge in [-0.25, -0.2) is 0 Å². The van der Waals surface area contributed by atoms with Crippen LogP contribution in [0, 0.1) is 0 Å². The summed E-state index contributed by atoms with van der Waals surface area (Å²) in [5.74, 6) is 0. The second-order valence-electron chi connectivity index (χ2n) is 5.23. The third-order valence-corrected chi connectivity index (χ3v) is 4.10. The predicted octanol–water partition coefficient (Wildman–Crippen LogP) is 5.31. The molecule has 1 unspecified atom stereocenters. The molecule has 0 saturated carbocycles. The van der Waals surface area contributed by atoms with Gasteiger partial charge < -0.3 is 5.32 Å². The molecule has 0 spiro atoms. The van der Waals surface area contributed by atoms with Crippen LogP contribution in [-0.2, 0) is 6.42 Å². The van der Waals surface area contributed by atoms with Gasteiger partial charge in [0.1, 0.15) is 0 Å². The minimum absolute atomic E-state index is 0.226. The molecule has 1 N–H and O–H groups in total.